The number of hydrogen-bond acceptors (Lipinski definition) is 6. The molecule has 1 aromatic heterocycles. The highest BCUT2D eigenvalue weighted by atomic mass is 79.9. The fourth-order valence-corrected chi connectivity index (χ4v) is 4.28. The Bertz CT molecular complexity index is 1420. The molecule has 0 unspecified atom stereocenters. The van der Waals surface area contributed by atoms with Crippen LogP contribution in [-0.2, 0) is 14.8 Å². The third kappa shape index (κ3) is 5.01. The number of aldehydes is 1. The van der Waals surface area contributed by atoms with Gasteiger partial charge in [0.1, 0.15) is 5.52 Å². The van der Waals surface area contributed by atoms with Crippen LogP contribution < -0.4 is 10.0 Å². The molecule has 0 bridgehead atoms. The molecule has 0 aliphatic heterocycles. The van der Waals surface area contributed by atoms with E-state index in [-0.39, 0.29) is 16.4 Å². The summed E-state index contributed by atoms with van der Waals surface area (Å²) in [5.74, 6) is 0.141. The maximum atomic E-state index is 12.6. The van der Waals surface area contributed by atoms with Gasteiger partial charge in [-0.1, -0.05) is 27.5 Å². The fourth-order valence-electron chi connectivity index (χ4n) is 2.79. The monoisotopic (exact) mass is 531 g/mol. The van der Waals surface area contributed by atoms with Gasteiger partial charge in [-0.15, -0.1) is 0 Å². The summed E-state index contributed by atoms with van der Waals surface area (Å²) in [6.45, 7) is 0. The van der Waals surface area contributed by atoms with E-state index in [1.54, 1.807) is 54.6 Å². The van der Waals surface area contributed by atoms with Crippen LogP contribution in [0.3, 0.4) is 0 Å². The van der Waals surface area contributed by atoms with Crippen molar-refractivity contribution in [1.29, 1.82) is 0 Å². The normalized spacial score (nSPS) is 12.0. The molecule has 10 heteroatoms. The molecule has 4 rings (SSSR count). The summed E-state index contributed by atoms with van der Waals surface area (Å²) in [5, 5.41) is 3.46. The summed E-state index contributed by atoms with van der Waals surface area (Å²) in [6.07, 6.45) is 2.04. The van der Waals surface area contributed by atoms with Crippen molar-refractivity contribution in [2.75, 3.05) is 10.0 Å². The second-order valence-electron chi connectivity index (χ2n) is 6.63. The Hall–Kier alpha value is -3.14. The van der Waals surface area contributed by atoms with E-state index in [4.69, 9.17) is 16.0 Å². The zero-order chi connectivity index (χ0) is 22.7. The molecule has 0 fully saturated rings. The second kappa shape index (κ2) is 9.15. The second-order valence-corrected chi connectivity index (χ2v) is 9.66. The van der Waals surface area contributed by atoms with Gasteiger partial charge >= 0.3 is 0 Å². The van der Waals surface area contributed by atoms with Gasteiger partial charge in [0.05, 0.1) is 10.5 Å². The van der Waals surface area contributed by atoms with Gasteiger partial charge < -0.3 is 9.73 Å². The van der Waals surface area contributed by atoms with Crippen LogP contribution in [0.15, 0.2) is 86.7 Å². The van der Waals surface area contributed by atoms with Crippen LogP contribution in [0.1, 0.15) is 5.89 Å². The summed E-state index contributed by atoms with van der Waals surface area (Å²) in [7, 11) is -3.74. The maximum absolute atomic E-state index is 12.6. The smallest absolute Gasteiger partial charge is 0.261 e. The van der Waals surface area contributed by atoms with E-state index in [0.717, 1.165) is 4.47 Å². The summed E-state index contributed by atoms with van der Waals surface area (Å²) < 4.78 is 34.1. The largest absolute Gasteiger partial charge is 0.436 e. The Morgan fingerprint density at radius 1 is 1.00 bits per heavy atom. The molecular formula is C22H15BrClN3O4S. The van der Waals surface area contributed by atoms with E-state index < -0.39 is 10.0 Å². The first-order chi connectivity index (χ1) is 15.3. The number of anilines is 2. The molecule has 0 amide bonds. The molecule has 0 atom stereocenters. The lowest BCUT2D eigenvalue weighted by atomic mass is 10.3. The molecule has 4 aromatic rings. The number of rotatable bonds is 7. The van der Waals surface area contributed by atoms with Crippen molar-refractivity contribution in [3.05, 3.63) is 88.3 Å². The Kier molecular flexibility index (Phi) is 6.31. The summed E-state index contributed by atoms with van der Waals surface area (Å²) >= 11 is 9.26. The van der Waals surface area contributed by atoms with Crippen molar-refractivity contribution < 1.29 is 17.6 Å². The number of halogens is 2. The number of carbonyl (C=O) groups excluding carboxylic acids is 1. The first kappa shape index (κ1) is 22.1. The number of aromatic nitrogens is 1. The van der Waals surface area contributed by atoms with Crippen molar-refractivity contribution in [1.82, 2.24) is 4.98 Å². The average molecular weight is 533 g/mol. The summed E-state index contributed by atoms with van der Waals surface area (Å²) in [4.78, 5) is 15.9. The van der Waals surface area contributed by atoms with E-state index >= 15 is 0 Å². The Labute approximate surface area is 197 Å². The number of fused-ring (bicyclic) bond motifs is 1. The van der Waals surface area contributed by atoms with Crippen LogP contribution in [0.2, 0.25) is 5.02 Å². The summed E-state index contributed by atoms with van der Waals surface area (Å²) in [5.41, 5.74) is 2.25. The van der Waals surface area contributed by atoms with Crippen LogP contribution in [0.25, 0.3) is 16.7 Å². The van der Waals surface area contributed by atoms with Crippen LogP contribution in [0, 0.1) is 0 Å². The molecule has 0 saturated heterocycles. The highest BCUT2D eigenvalue weighted by Gasteiger charge is 2.14. The van der Waals surface area contributed by atoms with Crippen molar-refractivity contribution >= 4 is 71.9 Å². The number of nitrogens with zero attached hydrogens (tertiary/aromatic N) is 1. The molecule has 2 N–H and O–H groups in total. The third-order valence-electron chi connectivity index (χ3n) is 4.38. The molecule has 0 aliphatic rings. The first-order valence-electron chi connectivity index (χ1n) is 9.21. The molecule has 1 heterocycles. The third-order valence-corrected chi connectivity index (χ3v) is 6.54. The molecule has 3 aromatic carbocycles. The van der Waals surface area contributed by atoms with Crippen molar-refractivity contribution in [2.24, 2.45) is 0 Å². The number of nitrogens with one attached hydrogen (secondary N) is 2. The topological polar surface area (TPSA) is 101 Å². The van der Waals surface area contributed by atoms with Crippen molar-refractivity contribution in [2.45, 2.75) is 4.90 Å². The number of oxazole rings is 1. The van der Waals surface area contributed by atoms with Gasteiger partial charge in [-0.25, -0.2) is 13.4 Å². The predicted molar refractivity (Wildman–Crippen MR) is 128 cm³/mol. The van der Waals surface area contributed by atoms with Gasteiger partial charge in [0.15, 0.2) is 11.9 Å². The molecule has 0 radical (unpaired) electrons. The standard InChI is InChI=1S/C22H15BrClN3O4S/c23-15-1-4-18(5-2-15)27-32(29,30)19-8-6-17(7-9-19)25-12-14(13-28)22-26-20-11-16(24)3-10-21(20)31-22/h1-13,25,27H. The number of carbonyl (C=O) groups is 1. The van der Waals surface area contributed by atoms with Gasteiger partial charge in [0.2, 0.25) is 5.89 Å². The predicted octanol–water partition coefficient (Wildman–Crippen LogP) is 5.70. The maximum Gasteiger partial charge on any atom is 0.261 e. The van der Waals surface area contributed by atoms with E-state index in [9.17, 15) is 13.2 Å². The molecule has 7 nitrogen and oxygen atoms in total. The Morgan fingerprint density at radius 2 is 1.69 bits per heavy atom. The number of hydrogen-bond donors (Lipinski definition) is 2. The van der Waals surface area contributed by atoms with Crippen LogP contribution >= 0.6 is 27.5 Å². The molecule has 0 aliphatic carbocycles. The molecule has 32 heavy (non-hydrogen) atoms. The minimum absolute atomic E-state index is 0.0985. The fraction of sp³-hybridized carbons (Fsp3) is 0. The molecular weight excluding hydrogens is 518 g/mol. The van der Waals surface area contributed by atoms with Crippen molar-refractivity contribution in [3.8, 4) is 0 Å². The number of allylic oxidation sites excluding steroid dienone is 1. The van der Waals surface area contributed by atoms with Gasteiger partial charge in [0, 0.05) is 27.1 Å². The molecule has 0 spiro atoms. The lowest BCUT2D eigenvalue weighted by molar-refractivity contribution is -0.103. The summed E-state index contributed by atoms with van der Waals surface area (Å²) in [6, 6.07) is 17.9. The lowest BCUT2D eigenvalue weighted by Gasteiger charge is -2.09. The van der Waals surface area contributed by atoms with Crippen LogP contribution in [-0.4, -0.2) is 19.7 Å². The zero-order valence-electron chi connectivity index (χ0n) is 16.2. The first-order valence-corrected chi connectivity index (χ1v) is 11.9. The van der Waals surface area contributed by atoms with Gasteiger partial charge in [-0.2, -0.15) is 0 Å². The zero-order valence-corrected chi connectivity index (χ0v) is 19.4. The van der Waals surface area contributed by atoms with Gasteiger partial charge in [0.25, 0.3) is 10.0 Å². The van der Waals surface area contributed by atoms with E-state index in [0.29, 0.717) is 33.8 Å². The highest BCUT2D eigenvalue weighted by molar-refractivity contribution is 9.10. The SMILES string of the molecule is O=CC(=CNc1ccc(S(=O)(=O)Nc2ccc(Br)cc2)cc1)c1nc2cc(Cl)ccc2o1. The Morgan fingerprint density at radius 3 is 2.38 bits per heavy atom. The highest BCUT2D eigenvalue weighted by Crippen LogP contribution is 2.24. The van der Waals surface area contributed by atoms with Gasteiger partial charge in [-0.05, 0) is 66.7 Å². The van der Waals surface area contributed by atoms with Gasteiger partial charge in [-0.3, -0.25) is 9.52 Å². The number of sulfonamides is 1. The lowest BCUT2D eigenvalue weighted by Crippen LogP contribution is -2.12. The number of benzene rings is 3. The van der Waals surface area contributed by atoms with Crippen LogP contribution in [0.4, 0.5) is 11.4 Å². The quantitative estimate of drug-likeness (QED) is 0.234. The van der Waals surface area contributed by atoms with E-state index in [2.05, 4.69) is 31.0 Å². The minimum atomic E-state index is -3.74. The van der Waals surface area contributed by atoms with E-state index in [1.165, 1.54) is 18.3 Å². The Balaban J connectivity index is 1.50. The minimum Gasteiger partial charge on any atom is -0.436 e. The van der Waals surface area contributed by atoms with Crippen LogP contribution in [0.5, 0.6) is 0 Å². The molecule has 162 valence electrons. The molecule has 0 saturated carbocycles. The average Bonchev–Trinajstić information content (AvgIpc) is 3.19. The van der Waals surface area contributed by atoms with E-state index in [1.807, 2.05) is 0 Å². The van der Waals surface area contributed by atoms with Crippen molar-refractivity contribution in [3.63, 3.8) is 0 Å².